The lowest BCUT2D eigenvalue weighted by atomic mass is 10.1. The molecule has 0 bridgehead atoms. The van der Waals surface area contributed by atoms with Gasteiger partial charge in [0.25, 0.3) is 0 Å². The van der Waals surface area contributed by atoms with Crippen LogP contribution in [0.4, 0.5) is 0 Å². The molecule has 0 heterocycles. The molecule has 0 spiro atoms. The molecular weight excluding hydrogens is 769 g/mol. The number of para-hydroxylation sites is 4. The van der Waals surface area contributed by atoms with E-state index in [0.717, 1.165) is 22.3 Å². The highest BCUT2D eigenvalue weighted by molar-refractivity contribution is 6.85. The Morgan fingerprint density at radius 3 is 1.00 bits per heavy atom. The van der Waals surface area contributed by atoms with Crippen LogP contribution in [0.3, 0.4) is 0 Å². The van der Waals surface area contributed by atoms with Gasteiger partial charge in [0.2, 0.25) is 0 Å². The van der Waals surface area contributed by atoms with Crippen molar-refractivity contribution >= 4 is 45.2 Å². The Bertz CT molecular complexity index is 2000. The second-order valence-corrected chi connectivity index (χ2v) is 33.9. The molecule has 8 nitrogen and oxygen atoms in total. The normalized spacial score (nSPS) is 12.3. The van der Waals surface area contributed by atoms with Crippen molar-refractivity contribution in [1.82, 2.24) is 0 Å². The monoisotopic (exact) mass is 822 g/mol. The van der Waals surface area contributed by atoms with E-state index in [1.165, 1.54) is 0 Å². The topological polar surface area (TPSA) is 112 Å². The zero-order valence-corrected chi connectivity index (χ0v) is 37.7. The fourth-order valence-corrected chi connectivity index (χ4v) is 25.3. The lowest BCUT2D eigenvalue weighted by molar-refractivity contribution is 0.0719. The van der Waals surface area contributed by atoms with Crippen LogP contribution in [-0.4, -0.2) is 55.4 Å². The number of rotatable bonds is 16. The molecule has 294 valence electrons. The number of carbonyl (C=O) groups is 2. The summed E-state index contributed by atoms with van der Waals surface area (Å²) in [7, 11) is -8.96. The lowest BCUT2D eigenvalue weighted by Gasteiger charge is -2.34. The maximum Gasteiger partial charge on any atom is 0.343 e. The second kappa shape index (κ2) is 17.7. The van der Waals surface area contributed by atoms with Gasteiger partial charge in [0.15, 0.2) is 33.3 Å². The third kappa shape index (κ3) is 12.2. The Morgan fingerprint density at radius 1 is 0.411 bits per heavy atom. The molecule has 5 aromatic carbocycles. The molecule has 0 fully saturated rings. The molecular formula is C44H54O8Si4. The van der Waals surface area contributed by atoms with E-state index in [-0.39, 0.29) is 11.5 Å². The smallest absolute Gasteiger partial charge is 0.343 e. The summed E-state index contributed by atoms with van der Waals surface area (Å²) in [4.78, 5) is 26.7. The molecule has 0 aliphatic carbocycles. The van der Waals surface area contributed by atoms with Gasteiger partial charge >= 0.3 is 11.9 Å². The minimum absolute atomic E-state index is 0.287. The van der Waals surface area contributed by atoms with Crippen LogP contribution in [-0.2, 0) is 32.4 Å². The molecule has 0 saturated heterocycles. The molecule has 0 atom stereocenters. The molecule has 56 heavy (non-hydrogen) atoms. The van der Waals surface area contributed by atoms with Crippen molar-refractivity contribution < 1.29 is 37.5 Å². The largest absolute Gasteiger partial charge is 0.508 e. The summed E-state index contributed by atoms with van der Waals surface area (Å²) in [6, 6.07) is 38.8. The minimum Gasteiger partial charge on any atom is -0.508 e. The highest BCUT2D eigenvalue weighted by Crippen LogP contribution is 2.31. The summed E-state index contributed by atoms with van der Waals surface area (Å²) in [5.41, 5.74) is 4.18. The van der Waals surface area contributed by atoms with E-state index in [9.17, 15) is 19.8 Å². The van der Waals surface area contributed by atoms with E-state index in [2.05, 4.69) is 52.4 Å². The van der Waals surface area contributed by atoms with Crippen LogP contribution in [0.2, 0.25) is 52.4 Å². The summed E-state index contributed by atoms with van der Waals surface area (Å²) in [5, 5.41) is 20.7. The summed E-state index contributed by atoms with van der Waals surface area (Å²) >= 11 is 0. The Labute approximate surface area is 335 Å². The average Bonchev–Trinajstić information content (AvgIpc) is 3.10. The predicted molar refractivity (Wildman–Crippen MR) is 232 cm³/mol. The molecule has 0 aromatic heterocycles. The van der Waals surface area contributed by atoms with Gasteiger partial charge in [-0.25, -0.2) is 9.59 Å². The average molecular weight is 823 g/mol. The van der Waals surface area contributed by atoms with Crippen LogP contribution in [0.5, 0.6) is 23.0 Å². The summed E-state index contributed by atoms with van der Waals surface area (Å²) in [6.45, 7) is 17.3. The fourth-order valence-electron chi connectivity index (χ4n) is 7.35. The van der Waals surface area contributed by atoms with Gasteiger partial charge in [0, 0.05) is 0 Å². The molecule has 0 aliphatic rings. The third-order valence-electron chi connectivity index (χ3n) is 9.26. The first-order chi connectivity index (χ1) is 26.3. The van der Waals surface area contributed by atoms with Crippen molar-refractivity contribution in [2.75, 3.05) is 0 Å². The van der Waals surface area contributed by atoms with Gasteiger partial charge in [0.05, 0.1) is 11.1 Å². The molecule has 0 saturated carbocycles. The van der Waals surface area contributed by atoms with Gasteiger partial charge in [0.1, 0.15) is 23.0 Å². The van der Waals surface area contributed by atoms with Crippen molar-refractivity contribution in [2.24, 2.45) is 0 Å². The first kappa shape index (κ1) is 42.6. The van der Waals surface area contributed by atoms with E-state index in [1.54, 1.807) is 48.5 Å². The van der Waals surface area contributed by atoms with Crippen LogP contribution in [0.25, 0.3) is 0 Å². The number of hydrogen-bond acceptors (Lipinski definition) is 8. The zero-order valence-electron chi connectivity index (χ0n) is 33.7. The Balaban J connectivity index is 1.20. The number of carbonyl (C=O) groups excluding carboxylic acids is 2. The highest BCUT2D eigenvalue weighted by atomic mass is 28.4. The number of aromatic hydroxyl groups is 2. The quantitative estimate of drug-likeness (QED) is 0.0575. The highest BCUT2D eigenvalue weighted by Gasteiger charge is 2.36. The Morgan fingerprint density at radius 2 is 0.679 bits per heavy atom. The van der Waals surface area contributed by atoms with Crippen molar-refractivity contribution in [1.29, 1.82) is 0 Å². The van der Waals surface area contributed by atoms with E-state index in [1.807, 2.05) is 72.8 Å². The van der Waals surface area contributed by atoms with Crippen molar-refractivity contribution in [3.8, 4) is 23.0 Å². The van der Waals surface area contributed by atoms with E-state index in [0.29, 0.717) is 46.8 Å². The lowest BCUT2D eigenvalue weighted by Crippen LogP contribution is -2.47. The molecule has 0 amide bonds. The maximum absolute atomic E-state index is 13.4. The van der Waals surface area contributed by atoms with Gasteiger partial charge in [-0.2, -0.15) is 0 Å². The van der Waals surface area contributed by atoms with E-state index < -0.39 is 45.2 Å². The molecule has 2 N–H and O–H groups in total. The first-order valence-corrected chi connectivity index (χ1v) is 31.4. The fraction of sp³-hybridized carbons (Fsp3) is 0.273. The standard InChI is InChI=1S/C44H54O8Si4/c1-53(2,29-35-17-9-13-21-39(35)45)51-55(5,6)31-37-19-11-15-23-41(37)49-43(47)33-25-27-34(28-26-33)44(48)50-42-24-16-12-20-38(42)32-56(7,8)52-54(3,4)30-36-18-10-14-22-40(36)46/h9-28,45-46H,29-32H2,1-8H3. The number of ether oxygens (including phenoxy) is 2. The van der Waals surface area contributed by atoms with Crippen molar-refractivity contribution in [3.05, 3.63) is 155 Å². The van der Waals surface area contributed by atoms with E-state index in [4.69, 9.17) is 17.7 Å². The van der Waals surface area contributed by atoms with Crippen LogP contribution in [0.15, 0.2) is 121 Å². The van der Waals surface area contributed by atoms with Crippen LogP contribution < -0.4 is 9.47 Å². The molecule has 0 aliphatic heterocycles. The summed E-state index contributed by atoms with van der Waals surface area (Å²) in [5.74, 6) is 0.464. The molecule has 0 unspecified atom stereocenters. The van der Waals surface area contributed by atoms with Crippen LogP contribution >= 0.6 is 0 Å². The minimum atomic E-state index is -2.28. The van der Waals surface area contributed by atoms with E-state index >= 15 is 0 Å². The third-order valence-corrected chi connectivity index (χ3v) is 23.0. The van der Waals surface area contributed by atoms with Crippen LogP contribution in [0.1, 0.15) is 43.0 Å². The first-order valence-electron chi connectivity index (χ1n) is 18.9. The zero-order chi connectivity index (χ0) is 40.7. The second-order valence-electron chi connectivity index (χ2n) is 16.8. The SMILES string of the molecule is C[Si](C)(Cc1ccccc1O)O[Si](C)(C)Cc1ccccc1OC(=O)c1ccc(C(=O)Oc2ccccc2C[Si](C)(C)O[Si](C)(C)Cc2ccccc2O)cc1. The number of phenolic OH excluding ortho intramolecular Hbond substituents is 2. The van der Waals surface area contributed by atoms with Gasteiger partial charge in [-0.3, -0.25) is 0 Å². The Hall–Kier alpha value is -4.57. The number of phenols is 2. The number of hydrogen-bond donors (Lipinski definition) is 2. The molecule has 12 heteroatoms. The summed E-state index contributed by atoms with van der Waals surface area (Å²) in [6.07, 6.45) is 0. The molecule has 0 radical (unpaired) electrons. The number of esters is 2. The maximum atomic E-state index is 13.4. The van der Waals surface area contributed by atoms with Crippen molar-refractivity contribution in [3.63, 3.8) is 0 Å². The van der Waals surface area contributed by atoms with Crippen molar-refractivity contribution in [2.45, 2.75) is 76.6 Å². The van der Waals surface area contributed by atoms with Gasteiger partial charge in [-0.15, -0.1) is 0 Å². The molecule has 5 aromatic rings. The van der Waals surface area contributed by atoms with Gasteiger partial charge in [-0.05, 0) is 147 Å². The van der Waals surface area contributed by atoms with Gasteiger partial charge in [-0.1, -0.05) is 72.8 Å². The predicted octanol–water partition coefficient (Wildman–Crippen LogP) is 10.1. The summed E-state index contributed by atoms with van der Waals surface area (Å²) < 4.78 is 25.6. The van der Waals surface area contributed by atoms with Crippen LogP contribution in [0, 0.1) is 0 Å². The Kier molecular flexibility index (Phi) is 13.5. The molecule has 5 rings (SSSR count). The number of benzene rings is 5. The van der Waals surface area contributed by atoms with Gasteiger partial charge < -0.3 is 27.9 Å².